The van der Waals surface area contributed by atoms with Gasteiger partial charge in [-0.25, -0.2) is 0 Å². The third-order valence-electron chi connectivity index (χ3n) is 3.29. The maximum absolute atomic E-state index is 9.04. The minimum atomic E-state index is 0.0857. The standard InChI is InChI=1S/C16H14ClNO/c17-15-6-5-14-7-8-18(16(14)9-15)10-12-1-3-13(11-19)4-2-12/h1-9,19H,10-11H2. The predicted molar refractivity (Wildman–Crippen MR) is 78.4 cm³/mol. The average Bonchev–Trinajstić information content (AvgIpc) is 2.82. The van der Waals surface area contributed by atoms with E-state index in [1.807, 2.05) is 42.5 Å². The van der Waals surface area contributed by atoms with Crippen LogP contribution in [0.4, 0.5) is 0 Å². The lowest BCUT2D eigenvalue weighted by Crippen LogP contribution is -1.98. The number of fused-ring (bicyclic) bond motifs is 1. The zero-order valence-electron chi connectivity index (χ0n) is 10.4. The van der Waals surface area contributed by atoms with Gasteiger partial charge >= 0.3 is 0 Å². The van der Waals surface area contributed by atoms with Gasteiger partial charge in [-0.15, -0.1) is 0 Å². The molecule has 19 heavy (non-hydrogen) atoms. The minimum absolute atomic E-state index is 0.0857. The molecular weight excluding hydrogens is 258 g/mol. The number of hydrogen-bond donors (Lipinski definition) is 1. The largest absolute Gasteiger partial charge is 0.392 e. The van der Waals surface area contributed by atoms with Crippen LogP contribution in [0.5, 0.6) is 0 Å². The Morgan fingerprint density at radius 1 is 0.947 bits per heavy atom. The first-order chi connectivity index (χ1) is 9.26. The summed E-state index contributed by atoms with van der Waals surface area (Å²) < 4.78 is 2.18. The van der Waals surface area contributed by atoms with Crippen molar-refractivity contribution in [1.82, 2.24) is 4.57 Å². The van der Waals surface area contributed by atoms with Crippen LogP contribution in [0.2, 0.25) is 5.02 Å². The maximum Gasteiger partial charge on any atom is 0.0681 e. The molecule has 0 fully saturated rings. The zero-order valence-corrected chi connectivity index (χ0v) is 11.1. The quantitative estimate of drug-likeness (QED) is 0.769. The summed E-state index contributed by atoms with van der Waals surface area (Å²) in [6.07, 6.45) is 2.07. The Morgan fingerprint density at radius 2 is 1.68 bits per heavy atom. The molecule has 0 saturated carbocycles. The molecule has 0 saturated heterocycles. The topological polar surface area (TPSA) is 25.2 Å². The molecule has 96 valence electrons. The highest BCUT2D eigenvalue weighted by Gasteiger charge is 2.02. The predicted octanol–water partition coefficient (Wildman–Crippen LogP) is 3.84. The Labute approximate surface area is 116 Å². The van der Waals surface area contributed by atoms with E-state index < -0.39 is 0 Å². The van der Waals surface area contributed by atoms with Crippen LogP contribution in [-0.2, 0) is 13.2 Å². The molecule has 1 N–H and O–H groups in total. The number of benzene rings is 2. The molecule has 2 aromatic carbocycles. The molecule has 0 aliphatic heterocycles. The molecule has 0 radical (unpaired) electrons. The first kappa shape index (κ1) is 12.3. The van der Waals surface area contributed by atoms with Crippen molar-refractivity contribution in [1.29, 1.82) is 0 Å². The molecule has 0 atom stereocenters. The van der Waals surface area contributed by atoms with Crippen LogP contribution in [0.15, 0.2) is 54.7 Å². The molecule has 1 aromatic heterocycles. The lowest BCUT2D eigenvalue weighted by atomic mass is 10.1. The summed E-state index contributed by atoms with van der Waals surface area (Å²) in [5.41, 5.74) is 3.28. The van der Waals surface area contributed by atoms with E-state index in [0.717, 1.165) is 22.6 Å². The molecule has 1 heterocycles. The number of aromatic nitrogens is 1. The Morgan fingerprint density at radius 3 is 2.42 bits per heavy atom. The van der Waals surface area contributed by atoms with Crippen molar-refractivity contribution in [3.8, 4) is 0 Å². The van der Waals surface area contributed by atoms with Crippen molar-refractivity contribution in [3.05, 3.63) is 70.9 Å². The van der Waals surface area contributed by atoms with Gasteiger partial charge in [-0.2, -0.15) is 0 Å². The van der Waals surface area contributed by atoms with Crippen LogP contribution < -0.4 is 0 Å². The van der Waals surface area contributed by atoms with E-state index in [4.69, 9.17) is 16.7 Å². The summed E-state index contributed by atoms with van der Waals surface area (Å²) in [5, 5.41) is 11.0. The summed E-state index contributed by atoms with van der Waals surface area (Å²) in [6, 6.07) is 16.0. The average molecular weight is 272 g/mol. The molecule has 0 aliphatic rings. The number of hydrogen-bond acceptors (Lipinski definition) is 1. The first-order valence-electron chi connectivity index (χ1n) is 6.19. The van der Waals surface area contributed by atoms with Gasteiger partial charge in [0.1, 0.15) is 0 Å². The first-order valence-corrected chi connectivity index (χ1v) is 6.57. The van der Waals surface area contributed by atoms with Crippen LogP contribution in [0.25, 0.3) is 10.9 Å². The van der Waals surface area contributed by atoms with Crippen molar-refractivity contribution in [2.75, 3.05) is 0 Å². The van der Waals surface area contributed by atoms with Crippen LogP contribution in [-0.4, -0.2) is 9.67 Å². The van der Waals surface area contributed by atoms with Crippen LogP contribution >= 0.6 is 11.6 Å². The highest BCUT2D eigenvalue weighted by Crippen LogP contribution is 2.21. The van der Waals surface area contributed by atoms with Crippen molar-refractivity contribution in [2.24, 2.45) is 0 Å². The molecule has 3 heteroatoms. The summed E-state index contributed by atoms with van der Waals surface area (Å²) in [4.78, 5) is 0. The highest BCUT2D eigenvalue weighted by atomic mass is 35.5. The smallest absolute Gasteiger partial charge is 0.0681 e. The molecule has 3 rings (SSSR count). The number of rotatable bonds is 3. The second-order valence-electron chi connectivity index (χ2n) is 4.62. The van der Waals surface area contributed by atoms with Gasteiger partial charge in [-0.1, -0.05) is 41.9 Å². The van der Waals surface area contributed by atoms with Crippen LogP contribution in [0, 0.1) is 0 Å². The number of nitrogens with zero attached hydrogens (tertiary/aromatic N) is 1. The lowest BCUT2D eigenvalue weighted by molar-refractivity contribution is 0.282. The van der Waals surface area contributed by atoms with Crippen molar-refractivity contribution in [2.45, 2.75) is 13.2 Å². The lowest BCUT2D eigenvalue weighted by Gasteiger charge is -2.07. The van der Waals surface area contributed by atoms with Gasteiger partial charge < -0.3 is 9.67 Å². The summed E-state index contributed by atoms with van der Waals surface area (Å²) in [5.74, 6) is 0. The van der Waals surface area contributed by atoms with Gasteiger partial charge in [0.15, 0.2) is 0 Å². The number of aliphatic hydroxyl groups is 1. The van der Waals surface area contributed by atoms with E-state index in [1.54, 1.807) is 0 Å². The normalized spacial score (nSPS) is 11.1. The Kier molecular flexibility index (Phi) is 3.28. The van der Waals surface area contributed by atoms with Gasteiger partial charge in [0.05, 0.1) is 6.61 Å². The SMILES string of the molecule is OCc1ccc(Cn2ccc3ccc(Cl)cc32)cc1. The van der Waals surface area contributed by atoms with Crippen molar-refractivity contribution >= 4 is 22.5 Å². The summed E-state index contributed by atoms with van der Waals surface area (Å²) in [7, 11) is 0. The van der Waals surface area contributed by atoms with Crippen molar-refractivity contribution < 1.29 is 5.11 Å². The molecule has 0 unspecified atom stereocenters. The van der Waals surface area contributed by atoms with Gasteiger partial charge in [0.25, 0.3) is 0 Å². The van der Waals surface area contributed by atoms with Crippen molar-refractivity contribution in [3.63, 3.8) is 0 Å². The van der Waals surface area contributed by atoms with Gasteiger partial charge in [-0.05, 0) is 34.7 Å². The third-order valence-corrected chi connectivity index (χ3v) is 3.53. The van der Waals surface area contributed by atoms with E-state index in [0.29, 0.717) is 0 Å². The van der Waals surface area contributed by atoms with Gasteiger partial charge in [-0.3, -0.25) is 0 Å². The Bertz CT molecular complexity index is 700. The van der Waals surface area contributed by atoms with E-state index in [2.05, 4.69) is 16.8 Å². The van der Waals surface area contributed by atoms with Gasteiger partial charge in [0.2, 0.25) is 0 Å². The van der Waals surface area contributed by atoms with E-state index in [-0.39, 0.29) is 6.61 Å². The molecule has 2 nitrogen and oxygen atoms in total. The van der Waals surface area contributed by atoms with Crippen LogP contribution in [0.1, 0.15) is 11.1 Å². The molecule has 0 amide bonds. The second-order valence-corrected chi connectivity index (χ2v) is 5.06. The minimum Gasteiger partial charge on any atom is -0.392 e. The second kappa shape index (κ2) is 5.08. The Balaban J connectivity index is 1.93. The molecule has 0 aliphatic carbocycles. The monoisotopic (exact) mass is 271 g/mol. The summed E-state index contributed by atoms with van der Waals surface area (Å²) >= 11 is 6.05. The Hall–Kier alpha value is -1.77. The molecular formula is C16H14ClNO. The fraction of sp³-hybridized carbons (Fsp3) is 0.125. The van der Waals surface area contributed by atoms with Gasteiger partial charge in [0, 0.05) is 23.3 Å². The van der Waals surface area contributed by atoms with E-state index >= 15 is 0 Å². The number of aliphatic hydroxyl groups excluding tert-OH is 1. The molecule has 3 aromatic rings. The summed E-state index contributed by atoms with van der Waals surface area (Å²) in [6.45, 7) is 0.887. The highest BCUT2D eigenvalue weighted by molar-refractivity contribution is 6.31. The number of halogens is 1. The molecule has 0 bridgehead atoms. The molecule has 0 spiro atoms. The van der Waals surface area contributed by atoms with Crippen LogP contribution in [0.3, 0.4) is 0 Å². The zero-order chi connectivity index (χ0) is 13.2. The fourth-order valence-electron chi connectivity index (χ4n) is 2.24. The van der Waals surface area contributed by atoms with E-state index in [1.165, 1.54) is 10.9 Å². The van der Waals surface area contributed by atoms with E-state index in [9.17, 15) is 0 Å². The maximum atomic E-state index is 9.04. The third kappa shape index (κ3) is 2.50. The fourth-order valence-corrected chi connectivity index (χ4v) is 2.41.